The first-order valence-electron chi connectivity index (χ1n) is 18.6. The Kier molecular flexibility index (Phi) is 13.5. The summed E-state index contributed by atoms with van der Waals surface area (Å²) < 4.78 is 5.39. The van der Waals surface area contributed by atoms with Crippen molar-refractivity contribution in [3.05, 3.63) is 75.8 Å². The van der Waals surface area contributed by atoms with Crippen LogP contribution in [0.5, 0.6) is 0 Å². The van der Waals surface area contributed by atoms with E-state index in [0.29, 0.717) is 5.92 Å². The molecule has 0 unspecified atom stereocenters. The Morgan fingerprint density at radius 3 is 2.12 bits per heavy atom. The number of carbonyl (C=O) groups excluding carboxylic acids is 1. The molecule has 7 heteroatoms. The van der Waals surface area contributed by atoms with Gasteiger partial charge in [0, 0.05) is 67.9 Å². The summed E-state index contributed by atoms with van der Waals surface area (Å²) in [6.07, 6.45) is 7.87. The molecular weight excluding hydrogens is 875 g/mol. The average Bonchev–Trinajstić information content (AvgIpc) is 3.80. The first kappa shape index (κ1) is 42.3. The summed E-state index contributed by atoms with van der Waals surface area (Å²) in [6, 6.07) is 15.2. The number of hydrogen-bond donors (Lipinski definition) is 1. The average molecular weight is 931 g/mol. The van der Waals surface area contributed by atoms with E-state index in [9.17, 15) is 9.90 Å². The van der Waals surface area contributed by atoms with Gasteiger partial charge in [-0.15, -0.1) is 46.3 Å². The standard InChI is InChI=1S/C30H28NS3.C15H28O2.Ir/c1-16(2)11-24-17(3)20-14-21-26(15-25(20)34-24)33-23-7-9-31-28(27(21)23)19-12-18-8-10-32-29(18)22(13-19)30(4,5)6;1-7-14(5,8-2)12(16)11-13(17)15(6,9-3)10-4;/h7-10,13-16H,11H2,1-6H3;11,16H,7-10H2,1-6H3;/q-1;;/b;12-11-;. The van der Waals surface area contributed by atoms with E-state index in [4.69, 9.17) is 4.98 Å². The van der Waals surface area contributed by atoms with E-state index < -0.39 is 0 Å². The van der Waals surface area contributed by atoms with Crippen LogP contribution in [0, 0.1) is 29.7 Å². The fourth-order valence-corrected chi connectivity index (χ4v) is 10.4. The van der Waals surface area contributed by atoms with Crippen LogP contribution in [0.2, 0.25) is 0 Å². The van der Waals surface area contributed by atoms with E-state index in [-0.39, 0.29) is 47.9 Å². The number of hydrogen-bond acceptors (Lipinski definition) is 6. The summed E-state index contributed by atoms with van der Waals surface area (Å²) >= 11 is 5.67. The van der Waals surface area contributed by atoms with Crippen LogP contribution in [0.15, 0.2) is 53.7 Å². The summed E-state index contributed by atoms with van der Waals surface area (Å²) in [4.78, 5) is 18.6. The van der Waals surface area contributed by atoms with Crippen molar-refractivity contribution in [1.29, 1.82) is 0 Å². The van der Waals surface area contributed by atoms with Crippen molar-refractivity contribution >= 4 is 80.1 Å². The van der Waals surface area contributed by atoms with Gasteiger partial charge >= 0.3 is 0 Å². The molecular formula is C45H56IrNO2S3-. The number of aliphatic hydroxyl groups excluding tert-OH is 1. The van der Waals surface area contributed by atoms with Gasteiger partial charge in [0.25, 0.3) is 0 Å². The second-order valence-electron chi connectivity index (χ2n) is 16.2. The smallest absolute Gasteiger partial charge is 0.164 e. The fraction of sp³-hybridized carbons (Fsp3) is 0.467. The Morgan fingerprint density at radius 1 is 0.885 bits per heavy atom. The first-order valence-corrected chi connectivity index (χ1v) is 21.1. The molecule has 0 amide bonds. The van der Waals surface area contributed by atoms with Gasteiger partial charge in [-0.3, -0.25) is 9.78 Å². The third-order valence-electron chi connectivity index (χ3n) is 11.3. The predicted octanol–water partition coefficient (Wildman–Crippen LogP) is 14.8. The predicted molar refractivity (Wildman–Crippen MR) is 227 cm³/mol. The van der Waals surface area contributed by atoms with Crippen LogP contribution in [0.4, 0.5) is 0 Å². The molecule has 0 bridgehead atoms. The van der Waals surface area contributed by atoms with E-state index in [1.54, 1.807) is 0 Å². The number of rotatable bonds is 10. The molecule has 1 N–H and O–H groups in total. The van der Waals surface area contributed by atoms with Gasteiger partial charge in [0.1, 0.15) is 5.76 Å². The maximum absolute atomic E-state index is 12.2. The zero-order valence-corrected chi connectivity index (χ0v) is 37.9. The van der Waals surface area contributed by atoms with Crippen LogP contribution < -0.4 is 0 Å². The monoisotopic (exact) mass is 931 g/mol. The van der Waals surface area contributed by atoms with Crippen LogP contribution in [0.25, 0.3) is 51.6 Å². The zero-order chi connectivity index (χ0) is 37.5. The SMILES string of the molecule is CCC(C)(CC)C(=O)/C=C(\O)C(C)(CC)CC.Cc1c(CC(C)C)sc2cc3sc4ccnc(-c5[c-]c6ccsc6c(C(C)(C)C)c5)c4c3cc12.[Ir]. The molecule has 3 nitrogen and oxygen atoms in total. The summed E-state index contributed by atoms with van der Waals surface area (Å²) in [5.74, 6) is 0.956. The molecule has 0 spiro atoms. The van der Waals surface area contributed by atoms with Gasteiger partial charge in [-0.2, -0.15) is 11.3 Å². The normalized spacial score (nSPS) is 12.9. The van der Waals surface area contributed by atoms with Crippen molar-refractivity contribution in [2.75, 3.05) is 0 Å². The fourth-order valence-electron chi connectivity index (χ4n) is 6.63. The minimum Gasteiger partial charge on any atom is -0.512 e. The summed E-state index contributed by atoms with van der Waals surface area (Å²) in [5.41, 5.74) is 4.43. The van der Waals surface area contributed by atoms with Gasteiger partial charge < -0.3 is 5.11 Å². The van der Waals surface area contributed by atoms with Gasteiger partial charge in [0.2, 0.25) is 0 Å². The molecule has 1 radical (unpaired) electrons. The quantitative estimate of drug-likeness (QED) is 0.0846. The summed E-state index contributed by atoms with van der Waals surface area (Å²) in [6.45, 7) is 25.9. The van der Waals surface area contributed by atoms with Crippen LogP contribution >= 0.6 is 34.0 Å². The molecule has 0 aliphatic rings. The number of nitrogens with zero attached hydrogens (tertiary/aromatic N) is 1. The number of carbonyl (C=O) groups is 1. The number of pyridine rings is 1. The molecule has 0 aliphatic carbocycles. The third kappa shape index (κ3) is 8.30. The Balaban J connectivity index is 0.000000289. The summed E-state index contributed by atoms with van der Waals surface area (Å²) in [7, 11) is 0. The van der Waals surface area contributed by atoms with Crippen LogP contribution in [-0.4, -0.2) is 15.9 Å². The Morgan fingerprint density at radius 2 is 1.52 bits per heavy atom. The molecule has 0 saturated heterocycles. The molecule has 2 aromatic carbocycles. The van der Waals surface area contributed by atoms with Crippen LogP contribution in [0.1, 0.15) is 118 Å². The van der Waals surface area contributed by atoms with Gasteiger partial charge in [-0.1, -0.05) is 87.3 Å². The van der Waals surface area contributed by atoms with E-state index >= 15 is 0 Å². The first-order chi connectivity index (χ1) is 24.0. The van der Waals surface area contributed by atoms with Crippen LogP contribution in [0.3, 0.4) is 0 Å². The Bertz CT molecular complexity index is 2220. The van der Waals surface area contributed by atoms with E-state index in [1.807, 2.05) is 81.7 Å². The summed E-state index contributed by atoms with van der Waals surface area (Å²) in [5, 5.41) is 17.5. The third-order valence-corrected chi connectivity index (χ3v) is 14.6. The van der Waals surface area contributed by atoms with Crippen molar-refractivity contribution in [2.24, 2.45) is 16.7 Å². The van der Waals surface area contributed by atoms with E-state index in [0.717, 1.165) is 43.4 Å². The maximum atomic E-state index is 12.2. The van der Waals surface area contributed by atoms with E-state index in [2.05, 4.69) is 83.3 Å². The number of fused-ring (bicyclic) bond motifs is 5. The minimum absolute atomic E-state index is 0. The molecule has 4 heterocycles. The molecule has 0 atom stereocenters. The molecule has 0 fully saturated rings. The molecule has 52 heavy (non-hydrogen) atoms. The number of thiophene rings is 3. The molecule has 4 aromatic heterocycles. The van der Waals surface area contributed by atoms with Gasteiger partial charge in [-0.25, -0.2) is 0 Å². The molecule has 6 aromatic rings. The van der Waals surface area contributed by atoms with Crippen molar-refractivity contribution in [2.45, 2.75) is 121 Å². The number of benzene rings is 2. The minimum atomic E-state index is -0.337. The topological polar surface area (TPSA) is 50.2 Å². The molecule has 0 aliphatic heterocycles. The zero-order valence-electron chi connectivity index (χ0n) is 33.1. The second-order valence-corrected chi connectivity index (χ2v) is 19.3. The molecule has 281 valence electrons. The number of aryl methyl sites for hydroxylation is 1. The largest absolute Gasteiger partial charge is 0.512 e. The van der Waals surface area contributed by atoms with Crippen molar-refractivity contribution in [1.82, 2.24) is 4.98 Å². The van der Waals surface area contributed by atoms with Crippen molar-refractivity contribution < 1.29 is 30.0 Å². The number of aliphatic hydroxyl groups is 1. The van der Waals surface area contributed by atoms with Crippen LogP contribution in [-0.2, 0) is 36.7 Å². The maximum Gasteiger partial charge on any atom is 0.164 e. The van der Waals surface area contributed by atoms with Crippen molar-refractivity contribution in [3.63, 3.8) is 0 Å². The number of aromatic nitrogens is 1. The number of ketones is 1. The van der Waals surface area contributed by atoms with Gasteiger partial charge in [0.15, 0.2) is 5.78 Å². The van der Waals surface area contributed by atoms with Gasteiger partial charge in [0.05, 0.1) is 0 Å². The Labute approximate surface area is 337 Å². The second kappa shape index (κ2) is 16.5. The molecule has 6 rings (SSSR count). The Hall–Kier alpha value is -2.41. The van der Waals surface area contributed by atoms with E-state index in [1.165, 1.54) is 62.4 Å². The molecule has 0 saturated carbocycles. The van der Waals surface area contributed by atoms with Gasteiger partial charge in [-0.05, 0) is 100 Å². The van der Waals surface area contributed by atoms with Crippen molar-refractivity contribution in [3.8, 4) is 11.3 Å². The number of allylic oxidation sites excluding steroid dienone is 2.